The number of hydrogen-bond donors (Lipinski definition) is 0. The third-order valence-corrected chi connectivity index (χ3v) is 17.2. The van der Waals surface area contributed by atoms with Gasteiger partial charge in [0.05, 0.1) is 22.3 Å². The zero-order valence-corrected chi connectivity index (χ0v) is 36.4. The number of aromatic nitrogens is 4. The van der Waals surface area contributed by atoms with Gasteiger partial charge in [-0.25, -0.2) is 15.0 Å². The fourth-order valence-corrected chi connectivity index (χ4v) is 14.2. The Morgan fingerprint density at radius 2 is 0.803 bits per heavy atom. The molecular formula is C58H39F3N4Si. The Labute approximate surface area is 381 Å². The number of rotatable bonds is 9. The Bertz CT molecular complexity index is 3350. The second-order valence-corrected chi connectivity index (χ2v) is 20.1. The summed E-state index contributed by atoms with van der Waals surface area (Å²) in [6, 6.07) is 78.8. The van der Waals surface area contributed by atoms with E-state index in [-0.39, 0.29) is 0 Å². The molecule has 0 fully saturated rings. The highest BCUT2D eigenvalue weighted by atomic mass is 28.3. The molecule has 0 radical (unpaired) electrons. The first-order chi connectivity index (χ1) is 32.4. The average molecular weight is 877 g/mol. The van der Waals surface area contributed by atoms with Gasteiger partial charge in [-0.15, -0.1) is 0 Å². The molecule has 0 bridgehead atoms. The molecule has 0 saturated heterocycles. The number of alkyl halides is 3. The number of nitrogens with zero attached hydrogens (tertiary/aromatic N) is 4. The molecule has 0 saturated carbocycles. The van der Waals surface area contributed by atoms with E-state index in [1.807, 2.05) is 95.6 Å². The Morgan fingerprint density at radius 3 is 1.36 bits per heavy atom. The normalized spacial score (nSPS) is 11.9. The van der Waals surface area contributed by atoms with E-state index in [2.05, 4.69) is 127 Å². The van der Waals surface area contributed by atoms with E-state index in [1.165, 1.54) is 26.8 Å². The summed E-state index contributed by atoms with van der Waals surface area (Å²) in [4.78, 5) is 15.4. The van der Waals surface area contributed by atoms with E-state index >= 15 is 0 Å². The zero-order chi connectivity index (χ0) is 44.7. The Hall–Kier alpha value is -8.20. The molecule has 0 unspecified atom stereocenters. The quantitative estimate of drug-likeness (QED) is 0.107. The molecule has 11 aromatic rings. The molecule has 11 rings (SSSR count). The van der Waals surface area contributed by atoms with Crippen LogP contribution in [-0.4, -0.2) is 27.6 Å². The molecular weight excluding hydrogens is 838 g/mol. The fourth-order valence-electron chi connectivity index (χ4n) is 9.42. The minimum Gasteiger partial charge on any atom is -0.309 e. The molecule has 0 spiro atoms. The third kappa shape index (κ3) is 7.18. The van der Waals surface area contributed by atoms with Gasteiger partial charge in [0, 0.05) is 27.5 Å². The summed E-state index contributed by atoms with van der Waals surface area (Å²) < 4.78 is 44.8. The van der Waals surface area contributed by atoms with E-state index in [0.29, 0.717) is 45.0 Å². The number of benzene rings is 9. The number of fused-ring (bicyclic) bond motifs is 3. The molecule has 66 heavy (non-hydrogen) atoms. The van der Waals surface area contributed by atoms with Crippen molar-refractivity contribution in [3.05, 3.63) is 242 Å². The fraction of sp³-hybridized carbons (Fsp3) is 0.0172. The number of hydrogen-bond acceptors (Lipinski definition) is 3. The third-order valence-electron chi connectivity index (χ3n) is 12.4. The molecule has 0 aliphatic heterocycles. The maximum atomic E-state index is 14.3. The van der Waals surface area contributed by atoms with E-state index in [1.54, 1.807) is 6.07 Å². The molecule has 0 N–H and O–H groups in total. The maximum absolute atomic E-state index is 14.3. The second kappa shape index (κ2) is 16.7. The highest BCUT2D eigenvalue weighted by molar-refractivity contribution is 7.19. The summed E-state index contributed by atoms with van der Waals surface area (Å²) in [6.45, 7) is 0. The highest BCUT2D eigenvalue weighted by Gasteiger charge is 2.41. The van der Waals surface area contributed by atoms with Crippen LogP contribution in [0.3, 0.4) is 0 Å². The summed E-state index contributed by atoms with van der Waals surface area (Å²) in [5, 5.41) is 6.22. The van der Waals surface area contributed by atoms with Crippen molar-refractivity contribution in [2.24, 2.45) is 0 Å². The summed E-state index contributed by atoms with van der Waals surface area (Å²) >= 11 is 0. The van der Waals surface area contributed by atoms with Crippen LogP contribution in [0.1, 0.15) is 5.56 Å². The first kappa shape index (κ1) is 40.6. The van der Waals surface area contributed by atoms with Gasteiger partial charge in [-0.3, -0.25) is 0 Å². The predicted octanol–water partition coefficient (Wildman–Crippen LogP) is 12.0. The molecule has 9 aromatic carbocycles. The van der Waals surface area contributed by atoms with Gasteiger partial charge in [-0.2, -0.15) is 13.2 Å². The largest absolute Gasteiger partial charge is 0.416 e. The van der Waals surface area contributed by atoms with Crippen LogP contribution < -0.4 is 20.7 Å². The topological polar surface area (TPSA) is 43.6 Å². The van der Waals surface area contributed by atoms with Crippen LogP contribution >= 0.6 is 0 Å². The number of halogens is 3. The van der Waals surface area contributed by atoms with Crippen LogP contribution in [0.5, 0.6) is 0 Å². The van der Waals surface area contributed by atoms with Crippen molar-refractivity contribution in [3.8, 4) is 51.0 Å². The first-order valence-electron chi connectivity index (χ1n) is 21.8. The van der Waals surface area contributed by atoms with Crippen molar-refractivity contribution in [2.45, 2.75) is 6.18 Å². The summed E-state index contributed by atoms with van der Waals surface area (Å²) in [5.74, 6) is 1.42. The van der Waals surface area contributed by atoms with Crippen LogP contribution in [0.2, 0.25) is 0 Å². The van der Waals surface area contributed by atoms with Crippen molar-refractivity contribution in [2.75, 3.05) is 0 Å². The standard InChI is InChI=1S/C58H39F3N4Si/c59-58(60,61)44-34-36-53-50(39-44)49-31-16-17-32-52(49)65(53)54-35-33-43(38-51(54)57-63-55(40-19-6-1-7-20-40)62-56(64-57)41-21-8-2-9-22-41)42-23-18-30-48(37-42)66(45-24-10-3-11-25-45,46-26-12-4-13-27-46)47-28-14-5-15-29-47/h1-39H. The van der Waals surface area contributed by atoms with Gasteiger partial charge in [0.15, 0.2) is 25.5 Å². The maximum Gasteiger partial charge on any atom is 0.416 e. The van der Waals surface area contributed by atoms with Gasteiger partial charge in [0.25, 0.3) is 0 Å². The van der Waals surface area contributed by atoms with Crippen LogP contribution in [0.15, 0.2) is 237 Å². The molecule has 8 heteroatoms. The summed E-state index contributed by atoms with van der Waals surface area (Å²) in [7, 11) is -2.88. The van der Waals surface area contributed by atoms with Crippen molar-refractivity contribution < 1.29 is 13.2 Å². The Kier molecular flexibility index (Phi) is 10.3. The minimum atomic E-state index is -4.51. The molecule has 0 atom stereocenters. The van der Waals surface area contributed by atoms with E-state index in [9.17, 15) is 13.2 Å². The van der Waals surface area contributed by atoms with Crippen LogP contribution in [-0.2, 0) is 6.18 Å². The molecule has 0 aliphatic rings. The first-order valence-corrected chi connectivity index (χ1v) is 23.8. The summed E-state index contributed by atoms with van der Waals surface area (Å²) in [5.41, 5.74) is 5.66. The van der Waals surface area contributed by atoms with Crippen LogP contribution in [0.25, 0.3) is 72.8 Å². The van der Waals surface area contributed by atoms with Gasteiger partial charge < -0.3 is 4.57 Å². The summed E-state index contributed by atoms with van der Waals surface area (Å²) in [6.07, 6.45) is -4.51. The van der Waals surface area contributed by atoms with Gasteiger partial charge >= 0.3 is 6.18 Å². The molecule has 4 nitrogen and oxygen atoms in total. The lowest BCUT2D eigenvalue weighted by molar-refractivity contribution is -0.137. The van der Waals surface area contributed by atoms with Crippen molar-refractivity contribution in [1.82, 2.24) is 19.5 Å². The van der Waals surface area contributed by atoms with Gasteiger partial charge in [-0.05, 0) is 68.3 Å². The smallest absolute Gasteiger partial charge is 0.309 e. The van der Waals surface area contributed by atoms with Crippen LogP contribution in [0, 0.1) is 0 Å². The molecule has 0 amide bonds. The zero-order valence-electron chi connectivity index (χ0n) is 35.4. The molecule has 316 valence electrons. The molecule has 2 heterocycles. The lowest BCUT2D eigenvalue weighted by atomic mass is 10.0. The highest BCUT2D eigenvalue weighted by Crippen LogP contribution is 2.40. The SMILES string of the molecule is FC(F)(F)c1ccc2c(c1)c1ccccc1n2-c1ccc(-c2cccc([Si](c3ccccc3)(c3ccccc3)c3ccccc3)c2)cc1-c1nc(-c2ccccc2)nc(-c2ccccc2)n1. The second-order valence-electron chi connectivity index (χ2n) is 16.3. The average Bonchev–Trinajstić information content (AvgIpc) is 3.71. The number of para-hydroxylation sites is 1. The van der Waals surface area contributed by atoms with Gasteiger partial charge in [0.2, 0.25) is 0 Å². The van der Waals surface area contributed by atoms with E-state index in [0.717, 1.165) is 33.8 Å². The molecule has 0 aliphatic carbocycles. The monoisotopic (exact) mass is 876 g/mol. The van der Waals surface area contributed by atoms with E-state index < -0.39 is 19.8 Å². The minimum absolute atomic E-state index is 0.426. The molecule has 2 aromatic heterocycles. The van der Waals surface area contributed by atoms with Gasteiger partial charge in [-0.1, -0.05) is 200 Å². The van der Waals surface area contributed by atoms with Crippen molar-refractivity contribution in [1.29, 1.82) is 0 Å². The lowest BCUT2D eigenvalue weighted by Gasteiger charge is -2.34. The van der Waals surface area contributed by atoms with Crippen molar-refractivity contribution >= 4 is 50.6 Å². The van der Waals surface area contributed by atoms with Crippen LogP contribution in [0.4, 0.5) is 13.2 Å². The Morgan fingerprint density at radius 1 is 0.348 bits per heavy atom. The predicted molar refractivity (Wildman–Crippen MR) is 265 cm³/mol. The lowest BCUT2D eigenvalue weighted by Crippen LogP contribution is -2.74. The Balaban J connectivity index is 1.19. The van der Waals surface area contributed by atoms with E-state index in [4.69, 9.17) is 15.0 Å². The van der Waals surface area contributed by atoms with Crippen molar-refractivity contribution in [3.63, 3.8) is 0 Å². The van der Waals surface area contributed by atoms with Gasteiger partial charge in [0.1, 0.15) is 0 Å².